The highest BCUT2D eigenvalue weighted by Gasteiger charge is 2.06. The van der Waals surface area contributed by atoms with Gasteiger partial charge in [0.2, 0.25) is 0 Å². The van der Waals surface area contributed by atoms with Gasteiger partial charge in [0.05, 0.1) is 6.61 Å². The van der Waals surface area contributed by atoms with E-state index in [9.17, 15) is 5.11 Å². The summed E-state index contributed by atoms with van der Waals surface area (Å²) in [5.41, 5.74) is 0. The van der Waals surface area contributed by atoms with Gasteiger partial charge in [-0.1, -0.05) is 38.7 Å². The number of aliphatic hydroxyl groups excluding tert-OH is 1. The number of thiophene rings is 1. The first-order valence-electron chi connectivity index (χ1n) is 6.23. The first-order valence-corrected chi connectivity index (χ1v) is 7.11. The Balaban J connectivity index is 2.11. The Bertz CT molecular complexity index is 248. The van der Waals surface area contributed by atoms with Crippen molar-refractivity contribution >= 4 is 11.3 Å². The van der Waals surface area contributed by atoms with E-state index >= 15 is 0 Å². The Morgan fingerprint density at radius 3 is 2.88 bits per heavy atom. The highest BCUT2D eigenvalue weighted by Crippen LogP contribution is 2.10. The Morgan fingerprint density at radius 1 is 1.38 bits per heavy atom. The first-order chi connectivity index (χ1) is 7.86. The normalized spacial score (nSPS) is 12.9. The topological polar surface area (TPSA) is 32.3 Å². The van der Waals surface area contributed by atoms with Crippen molar-refractivity contribution < 1.29 is 5.11 Å². The molecule has 0 saturated heterocycles. The fraction of sp³-hybridized carbons (Fsp3) is 0.692. The average molecular weight is 241 g/mol. The second kappa shape index (κ2) is 8.74. The number of aliphatic hydroxyl groups is 1. The molecule has 0 aliphatic heterocycles. The van der Waals surface area contributed by atoms with Crippen LogP contribution in [-0.2, 0) is 6.54 Å². The zero-order valence-electron chi connectivity index (χ0n) is 10.1. The van der Waals surface area contributed by atoms with Crippen LogP contribution in [0.25, 0.3) is 0 Å². The van der Waals surface area contributed by atoms with Gasteiger partial charge in [-0.05, 0) is 17.9 Å². The molecule has 1 unspecified atom stereocenters. The van der Waals surface area contributed by atoms with Crippen LogP contribution in [-0.4, -0.2) is 17.8 Å². The fourth-order valence-electron chi connectivity index (χ4n) is 1.73. The molecule has 0 aliphatic carbocycles. The van der Waals surface area contributed by atoms with Gasteiger partial charge in [-0.15, -0.1) is 11.3 Å². The molecule has 0 fully saturated rings. The summed E-state index contributed by atoms with van der Waals surface area (Å²) in [5.74, 6) is 0. The Labute approximate surface area is 103 Å². The van der Waals surface area contributed by atoms with Crippen molar-refractivity contribution in [2.75, 3.05) is 6.61 Å². The molecule has 3 heteroatoms. The monoisotopic (exact) mass is 241 g/mol. The molecule has 1 heterocycles. The molecule has 1 atom stereocenters. The zero-order valence-corrected chi connectivity index (χ0v) is 10.9. The van der Waals surface area contributed by atoms with E-state index in [0.29, 0.717) is 0 Å². The lowest BCUT2D eigenvalue weighted by atomic mass is 10.1. The third-order valence-electron chi connectivity index (χ3n) is 2.77. The van der Waals surface area contributed by atoms with E-state index in [0.717, 1.165) is 13.0 Å². The SMILES string of the molecule is CCCCCCC(CO)NCc1cccs1. The average Bonchev–Trinajstić information content (AvgIpc) is 2.81. The van der Waals surface area contributed by atoms with Crippen molar-refractivity contribution in [3.8, 4) is 0 Å². The lowest BCUT2D eigenvalue weighted by Gasteiger charge is -2.15. The molecule has 0 bridgehead atoms. The molecule has 0 amide bonds. The van der Waals surface area contributed by atoms with Crippen LogP contribution in [0.5, 0.6) is 0 Å². The predicted octanol–water partition coefficient (Wildman–Crippen LogP) is 3.17. The van der Waals surface area contributed by atoms with Crippen LogP contribution >= 0.6 is 11.3 Å². The van der Waals surface area contributed by atoms with Crippen LogP contribution < -0.4 is 5.32 Å². The van der Waals surface area contributed by atoms with Crippen molar-refractivity contribution in [1.82, 2.24) is 5.32 Å². The van der Waals surface area contributed by atoms with E-state index in [2.05, 4.69) is 29.8 Å². The Kier molecular flexibility index (Phi) is 7.47. The third kappa shape index (κ3) is 5.64. The van der Waals surface area contributed by atoms with Gasteiger partial charge in [-0.25, -0.2) is 0 Å². The second-order valence-electron chi connectivity index (χ2n) is 4.19. The standard InChI is InChI=1S/C13H23NOS/c1-2-3-4-5-7-12(11-15)14-10-13-8-6-9-16-13/h6,8-9,12,14-15H,2-5,7,10-11H2,1H3. The highest BCUT2D eigenvalue weighted by molar-refractivity contribution is 7.09. The van der Waals surface area contributed by atoms with E-state index in [4.69, 9.17) is 0 Å². The minimum atomic E-state index is 0.248. The molecule has 2 nitrogen and oxygen atoms in total. The van der Waals surface area contributed by atoms with Crippen LogP contribution in [0.4, 0.5) is 0 Å². The molecule has 0 radical (unpaired) electrons. The largest absolute Gasteiger partial charge is 0.395 e. The van der Waals surface area contributed by atoms with Gasteiger partial charge >= 0.3 is 0 Å². The number of nitrogens with one attached hydrogen (secondary N) is 1. The van der Waals surface area contributed by atoms with Crippen LogP contribution in [0, 0.1) is 0 Å². The molecule has 0 aromatic carbocycles. The minimum Gasteiger partial charge on any atom is -0.395 e. The maximum Gasteiger partial charge on any atom is 0.0584 e. The molecule has 1 aromatic rings. The van der Waals surface area contributed by atoms with Gasteiger partial charge in [0.25, 0.3) is 0 Å². The molecule has 0 aliphatic rings. The number of hydrogen-bond acceptors (Lipinski definition) is 3. The van der Waals surface area contributed by atoms with Crippen LogP contribution in [0.3, 0.4) is 0 Å². The summed E-state index contributed by atoms with van der Waals surface area (Å²) in [5, 5.41) is 14.8. The number of hydrogen-bond donors (Lipinski definition) is 2. The smallest absolute Gasteiger partial charge is 0.0584 e. The van der Waals surface area contributed by atoms with Gasteiger partial charge in [-0.3, -0.25) is 0 Å². The molecule has 92 valence electrons. The van der Waals surface area contributed by atoms with Crippen molar-refractivity contribution in [3.05, 3.63) is 22.4 Å². The number of unbranched alkanes of at least 4 members (excludes halogenated alkanes) is 3. The van der Waals surface area contributed by atoms with Gasteiger partial charge in [0, 0.05) is 17.5 Å². The van der Waals surface area contributed by atoms with Crippen molar-refractivity contribution in [2.24, 2.45) is 0 Å². The van der Waals surface area contributed by atoms with Crippen LogP contribution in [0.1, 0.15) is 43.9 Å². The van der Waals surface area contributed by atoms with Crippen LogP contribution in [0.2, 0.25) is 0 Å². The summed E-state index contributed by atoms with van der Waals surface area (Å²) in [6.45, 7) is 3.35. The lowest BCUT2D eigenvalue weighted by Crippen LogP contribution is -2.31. The summed E-state index contributed by atoms with van der Waals surface area (Å²) in [7, 11) is 0. The van der Waals surface area contributed by atoms with Crippen molar-refractivity contribution in [1.29, 1.82) is 0 Å². The molecule has 1 rings (SSSR count). The lowest BCUT2D eigenvalue weighted by molar-refractivity contribution is 0.232. The fourth-order valence-corrected chi connectivity index (χ4v) is 2.39. The van der Waals surface area contributed by atoms with Gasteiger partial charge in [-0.2, -0.15) is 0 Å². The summed E-state index contributed by atoms with van der Waals surface area (Å²) >= 11 is 1.76. The van der Waals surface area contributed by atoms with E-state index in [-0.39, 0.29) is 12.6 Å². The molecule has 16 heavy (non-hydrogen) atoms. The predicted molar refractivity (Wildman–Crippen MR) is 70.8 cm³/mol. The van der Waals surface area contributed by atoms with Crippen molar-refractivity contribution in [2.45, 2.75) is 51.6 Å². The second-order valence-corrected chi connectivity index (χ2v) is 5.22. The minimum absolute atomic E-state index is 0.248. The number of rotatable bonds is 9. The maximum atomic E-state index is 9.25. The molecular weight excluding hydrogens is 218 g/mol. The van der Waals surface area contributed by atoms with Crippen molar-refractivity contribution in [3.63, 3.8) is 0 Å². The highest BCUT2D eigenvalue weighted by atomic mass is 32.1. The van der Waals surface area contributed by atoms with E-state index < -0.39 is 0 Å². The Morgan fingerprint density at radius 2 is 2.25 bits per heavy atom. The van der Waals surface area contributed by atoms with Crippen LogP contribution in [0.15, 0.2) is 17.5 Å². The summed E-state index contributed by atoms with van der Waals surface area (Å²) in [6.07, 6.45) is 6.17. The van der Waals surface area contributed by atoms with E-state index in [1.54, 1.807) is 11.3 Å². The van der Waals surface area contributed by atoms with Gasteiger partial charge in [0.15, 0.2) is 0 Å². The quantitative estimate of drug-likeness (QED) is 0.651. The van der Waals surface area contributed by atoms with E-state index in [1.165, 1.54) is 30.6 Å². The van der Waals surface area contributed by atoms with Gasteiger partial charge < -0.3 is 10.4 Å². The van der Waals surface area contributed by atoms with E-state index in [1.807, 2.05) is 0 Å². The summed E-state index contributed by atoms with van der Waals surface area (Å²) in [4.78, 5) is 1.34. The summed E-state index contributed by atoms with van der Waals surface area (Å²) < 4.78 is 0. The third-order valence-corrected chi connectivity index (χ3v) is 3.65. The molecule has 1 aromatic heterocycles. The summed E-state index contributed by atoms with van der Waals surface area (Å²) in [6, 6.07) is 4.46. The zero-order chi connectivity index (χ0) is 11.6. The first kappa shape index (κ1) is 13.7. The Hall–Kier alpha value is -0.380. The molecule has 0 spiro atoms. The molecule has 0 saturated carbocycles. The maximum absolute atomic E-state index is 9.25. The molecular formula is C13H23NOS. The molecule has 2 N–H and O–H groups in total. The van der Waals surface area contributed by atoms with Gasteiger partial charge in [0.1, 0.15) is 0 Å².